The molecule has 0 aliphatic heterocycles. The van der Waals surface area contributed by atoms with Gasteiger partial charge in [-0.3, -0.25) is 0 Å². The number of fused-ring (bicyclic) bond motifs is 1. The molecule has 0 unspecified atom stereocenters. The first-order valence-corrected chi connectivity index (χ1v) is 5.31. The Morgan fingerprint density at radius 3 is 2.71 bits per heavy atom. The van der Waals surface area contributed by atoms with Crippen molar-refractivity contribution in [1.29, 1.82) is 0 Å². The maximum atomic E-state index is 5.54. The molecule has 74 valence electrons. The Balaban J connectivity index is 2.70. The third-order valence-corrected chi connectivity index (χ3v) is 2.44. The Labute approximate surface area is 90.7 Å². The van der Waals surface area contributed by atoms with E-state index in [1.807, 2.05) is 13.0 Å². The highest BCUT2D eigenvalue weighted by Gasteiger charge is 2.12. The highest BCUT2D eigenvalue weighted by molar-refractivity contribution is 9.10. The van der Waals surface area contributed by atoms with E-state index in [1.165, 1.54) is 0 Å². The van der Waals surface area contributed by atoms with Gasteiger partial charge in [-0.2, -0.15) is 0 Å². The van der Waals surface area contributed by atoms with Crippen LogP contribution in [0.25, 0.3) is 11.2 Å². The maximum Gasteiger partial charge on any atom is 0.248 e. The summed E-state index contributed by atoms with van der Waals surface area (Å²) in [5.41, 5.74) is 2.55. The highest BCUT2D eigenvalue weighted by Crippen LogP contribution is 2.24. The molecule has 2 aromatic heterocycles. The molecular formula is C10H11BrN2O. The van der Waals surface area contributed by atoms with Crippen molar-refractivity contribution in [3.63, 3.8) is 0 Å². The van der Waals surface area contributed by atoms with Crippen LogP contribution in [0.15, 0.2) is 15.1 Å². The summed E-state index contributed by atoms with van der Waals surface area (Å²) < 4.78 is 6.32. The van der Waals surface area contributed by atoms with E-state index in [1.54, 1.807) is 0 Å². The van der Waals surface area contributed by atoms with Gasteiger partial charge < -0.3 is 4.42 Å². The van der Waals surface area contributed by atoms with Gasteiger partial charge in [0, 0.05) is 5.92 Å². The molecule has 0 N–H and O–H groups in total. The van der Waals surface area contributed by atoms with Gasteiger partial charge >= 0.3 is 0 Å². The van der Waals surface area contributed by atoms with Gasteiger partial charge in [-0.25, -0.2) is 9.97 Å². The van der Waals surface area contributed by atoms with Gasteiger partial charge in [-0.1, -0.05) is 13.8 Å². The standard InChI is InChI=1S/C10H11BrN2O/c1-5(2)9-13-8-6(3)4-7(11)12-10(8)14-9/h4-5H,1-3H3. The topological polar surface area (TPSA) is 38.9 Å². The van der Waals surface area contributed by atoms with Gasteiger partial charge in [0.25, 0.3) is 0 Å². The Kier molecular flexibility index (Phi) is 2.31. The minimum absolute atomic E-state index is 0.294. The van der Waals surface area contributed by atoms with Crippen molar-refractivity contribution in [2.75, 3.05) is 0 Å². The molecule has 0 amide bonds. The third-order valence-electron chi connectivity index (χ3n) is 2.04. The number of nitrogens with zero attached hydrogens (tertiary/aromatic N) is 2. The Morgan fingerprint density at radius 2 is 2.07 bits per heavy atom. The molecule has 3 nitrogen and oxygen atoms in total. The number of aryl methyl sites for hydroxylation is 1. The number of hydrogen-bond acceptors (Lipinski definition) is 3. The minimum Gasteiger partial charge on any atom is -0.422 e. The lowest BCUT2D eigenvalue weighted by atomic mass is 10.2. The molecule has 0 spiro atoms. The zero-order chi connectivity index (χ0) is 10.3. The molecule has 14 heavy (non-hydrogen) atoms. The molecule has 0 fully saturated rings. The van der Waals surface area contributed by atoms with Gasteiger partial charge in [0.05, 0.1) is 0 Å². The summed E-state index contributed by atoms with van der Waals surface area (Å²) in [4.78, 5) is 8.63. The fourth-order valence-corrected chi connectivity index (χ4v) is 1.79. The van der Waals surface area contributed by atoms with E-state index in [0.29, 0.717) is 11.6 Å². The van der Waals surface area contributed by atoms with Crippen LogP contribution in [0.1, 0.15) is 31.2 Å². The summed E-state index contributed by atoms with van der Waals surface area (Å²) in [6.07, 6.45) is 0. The van der Waals surface area contributed by atoms with E-state index in [-0.39, 0.29) is 0 Å². The Bertz CT molecular complexity index is 476. The van der Waals surface area contributed by atoms with E-state index in [9.17, 15) is 0 Å². The second-order valence-corrected chi connectivity index (χ2v) is 4.43. The second kappa shape index (κ2) is 3.35. The predicted octanol–water partition coefficient (Wildman–Crippen LogP) is 3.42. The first-order chi connectivity index (χ1) is 6.58. The lowest BCUT2D eigenvalue weighted by Gasteiger charge is -1.93. The largest absolute Gasteiger partial charge is 0.422 e. The molecule has 0 radical (unpaired) electrons. The summed E-state index contributed by atoms with van der Waals surface area (Å²) in [5.74, 6) is 1.04. The van der Waals surface area contributed by atoms with Crippen LogP contribution in [0, 0.1) is 6.92 Å². The van der Waals surface area contributed by atoms with Gasteiger partial charge in [0.15, 0.2) is 5.89 Å². The molecule has 0 atom stereocenters. The molecular weight excluding hydrogens is 244 g/mol. The normalized spacial score (nSPS) is 11.5. The fraction of sp³-hybridized carbons (Fsp3) is 0.400. The number of oxazole rings is 1. The van der Waals surface area contributed by atoms with Crippen molar-refractivity contribution >= 4 is 27.2 Å². The van der Waals surface area contributed by atoms with Crippen molar-refractivity contribution in [3.8, 4) is 0 Å². The Morgan fingerprint density at radius 1 is 1.36 bits per heavy atom. The van der Waals surface area contributed by atoms with Crippen LogP contribution in [0.2, 0.25) is 0 Å². The van der Waals surface area contributed by atoms with E-state index in [2.05, 4.69) is 39.7 Å². The average Bonchev–Trinajstić information content (AvgIpc) is 2.47. The summed E-state index contributed by atoms with van der Waals surface area (Å²) >= 11 is 3.33. The summed E-state index contributed by atoms with van der Waals surface area (Å²) in [7, 11) is 0. The van der Waals surface area contributed by atoms with Gasteiger partial charge in [0.1, 0.15) is 10.1 Å². The lowest BCUT2D eigenvalue weighted by Crippen LogP contribution is -1.85. The van der Waals surface area contributed by atoms with E-state index >= 15 is 0 Å². The first kappa shape index (κ1) is 9.65. The predicted molar refractivity (Wildman–Crippen MR) is 58.3 cm³/mol. The number of hydrogen-bond donors (Lipinski definition) is 0. The van der Waals surface area contributed by atoms with Gasteiger partial charge in [-0.15, -0.1) is 0 Å². The van der Waals surface area contributed by atoms with Gasteiger partial charge in [-0.05, 0) is 34.5 Å². The number of halogens is 1. The van der Waals surface area contributed by atoms with Crippen LogP contribution in [-0.4, -0.2) is 9.97 Å². The van der Waals surface area contributed by atoms with Crippen LogP contribution in [0.4, 0.5) is 0 Å². The molecule has 0 saturated carbocycles. The van der Waals surface area contributed by atoms with Crippen LogP contribution < -0.4 is 0 Å². The summed E-state index contributed by atoms with van der Waals surface area (Å²) in [6.45, 7) is 6.10. The number of pyridine rings is 1. The quantitative estimate of drug-likeness (QED) is 0.733. The highest BCUT2D eigenvalue weighted by atomic mass is 79.9. The first-order valence-electron chi connectivity index (χ1n) is 4.51. The molecule has 2 heterocycles. The van der Waals surface area contributed by atoms with E-state index < -0.39 is 0 Å². The third kappa shape index (κ3) is 1.54. The zero-order valence-corrected chi connectivity index (χ0v) is 9.92. The smallest absolute Gasteiger partial charge is 0.248 e. The van der Waals surface area contributed by atoms with Crippen molar-refractivity contribution in [2.45, 2.75) is 26.7 Å². The van der Waals surface area contributed by atoms with E-state index in [0.717, 1.165) is 21.6 Å². The van der Waals surface area contributed by atoms with Crippen LogP contribution in [0.3, 0.4) is 0 Å². The second-order valence-electron chi connectivity index (χ2n) is 3.62. The molecule has 2 aromatic rings. The lowest BCUT2D eigenvalue weighted by molar-refractivity contribution is 0.494. The fourth-order valence-electron chi connectivity index (χ4n) is 1.28. The van der Waals surface area contributed by atoms with Crippen molar-refractivity contribution in [3.05, 3.63) is 22.1 Å². The molecule has 0 saturated heterocycles. The molecule has 0 aliphatic carbocycles. The molecule has 2 rings (SSSR count). The molecule has 0 bridgehead atoms. The monoisotopic (exact) mass is 254 g/mol. The van der Waals surface area contributed by atoms with Crippen molar-refractivity contribution in [1.82, 2.24) is 9.97 Å². The summed E-state index contributed by atoms with van der Waals surface area (Å²) in [6, 6.07) is 1.94. The van der Waals surface area contributed by atoms with Crippen molar-refractivity contribution < 1.29 is 4.42 Å². The minimum atomic E-state index is 0.294. The van der Waals surface area contributed by atoms with Crippen molar-refractivity contribution in [2.24, 2.45) is 0 Å². The molecule has 0 aliphatic rings. The number of rotatable bonds is 1. The maximum absolute atomic E-state index is 5.54. The van der Waals surface area contributed by atoms with Crippen LogP contribution in [0.5, 0.6) is 0 Å². The van der Waals surface area contributed by atoms with E-state index in [4.69, 9.17) is 4.42 Å². The molecule has 0 aromatic carbocycles. The zero-order valence-electron chi connectivity index (χ0n) is 8.34. The average molecular weight is 255 g/mol. The molecule has 4 heteroatoms. The Hall–Kier alpha value is -0.900. The SMILES string of the molecule is Cc1cc(Br)nc2oc(C(C)C)nc12. The van der Waals surface area contributed by atoms with Crippen LogP contribution in [-0.2, 0) is 0 Å². The summed E-state index contributed by atoms with van der Waals surface area (Å²) in [5, 5.41) is 0. The van der Waals surface area contributed by atoms with Gasteiger partial charge in [0.2, 0.25) is 5.71 Å². The number of aromatic nitrogens is 2. The van der Waals surface area contributed by atoms with Crippen LogP contribution >= 0.6 is 15.9 Å².